The van der Waals surface area contributed by atoms with Gasteiger partial charge in [0.1, 0.15) is 11.2 Å². The Kier molecular flexibility index (Phi) is 7.97. The van der Waals surface area contributed by atoms with Crippen LogP contribution in [0.3, 0.4) is 0 Å². The van der Waals surface area contributed by atoms with Crippen LogP contribution in [0, 0.1) is 0 Å². The molecule has 12 aromatic rings. The molecule has 302 valence electrons. The zero-order valence-corrected chi connectivity index (χ0v) is 35.8. The molecule has 0 saturated heterocycles. The Morgan fingerprint density at radius 1 is 0.438 bits per heavy atom. The zero-order valence-electron chi connectivity index (χ0n) is 35.1. The number of nitrogens with zero attached hydrogens (tertiary/aromatic N) is 2. The second-order valence-corrected chi connectivity index (χ2v) is 17.9. The minimum atomic E-state index is -0.151. The van der Waals surface area contributed by atoms with E-state index in [1.165, 1.54) is 60.8 Å². The van der Waals surface area contributed by atoms with E-state index < -0.39 is 0 Å². The third-order valence-corrected chi connectivity index (χ3v) is 13.8. The van der Waals surface area contributed by atoms with Crippen molar-refractivity contribution in [3.8, 4) is 66.9 Å². The molecule has 4 nitrogen and oxygen atoms in total. The molecule has 0 saturated carbocycles. The Balaban J connectivity index is 0.832. The van der Waals surface area contributed by atoms with Crippen molar-refractivity contribution in [3.05, 3.63) is 204 Å². The van der Waals surface area contributed by atoms with E-state index in [4.69, 9.17) is 16.0 Å². The lowest BCUT2D eigenvalue weighted by atomic mass is 9.81. The third kappa shape index (κ3) is 5.62. The van der Waals surface area contributed by atoms with Gasteiger partial charge in [0.25, 0.3) is 0 Å². The summed E-state index contributed by atoms with van der Waals surface area (Å²) in [5.41, 5.74) is 21.2. The third-order valence-electron chi connectivity index (χ3n) is 13.6. The van der Waals surface area contributed by atoms with Crippen LogP contribution in [0.25, 0.3) is 122 Å². The highest BCUT2D eigenvalue weighted by molar-refractivity contribution is 6.29. The predicted molar refractivity (Wildman–Crippen MR) is 266 cm³/mol. The summed E-state index contributed by atoms with van der Waals surface area (Å²) >= 11 is 6.34. The lowest BCUT2D eigenvalue weighted by Gasteiger charge is -2.22. The van der Waals surface area contributed by atoms with Gasteiger partial charge in [-0.2, -0.15) is 0 Å². The van der Waals surface area contributed by atoms with E-state index in [9.17, 15) is 0 Å². The molecule has 3 aromatic heterocycles. The Labute approximate surface area is 374 Å². The first-order valence-corrected chi connectivity index (χ1v) is 22.1. The minimum Gasteiger partial charge on any atom is -0.455 e. The summed E-state index contributed by atoms with van der Waals surface area (Å²) < 4.78 is 6.43. The van der Waals surface area contributed by atoms with Crippen molar-refractivity contribution in [2.24, 2.45) is 0 Å². The molecule has 0 amide bonds. The smallest absolute Gasteiger partial charge is 0.223 e. The summed E-state index contributed by atoms with van der Waals surface area (Å²) in [6.45, 7) is 4.69. The SMILES string of the molecule is CC1(C)c2ccc(-c3cccc(-c4cccc5c4[nH]c4ccc(-c6cccc7c6oc6ccccc67)cc45)c3)cc2-c2ccc(-c3ccc(-c4nc(Cl)nc5ccccc45)cc3)cc21. The average molecular weight is 840 g/mol. The molecule has 0 atom stereocenters. The molecule has 9 aromatic carbocycles. The summed E-state index contributed by atoms with van der Waals surface area (Å²) in [5, 5.41) is 5.91. The maximum atomic E-state index is 6.43. The lowest BCUT2D eigenvalue weighted by Crippen LogP contribution is -2.15. The molecule has 0 aliphatic heterocycles. The molecule has 0 spiro atoms. The van der Waals surface area contributed by atoms with E-state index in [0.717, 1.165) is 71.8 Å². The number of aromatic nitrogens is 3. The molecule has 0 bridgehead atoms. The van der Waals surface area contributed by atoms with Crippen LogP contribution >= 0.6 is 11.6 Å². The number of para-hydroxylation sites is 4. The largest absolute Gasteiger partial charge is 0.455 e. The fourth-order valence-electron chi connectivity index (χ4n) is 10.4. The van der Waals surface area contributed by atoms with Gasteiger partial charge in [-0.3, -0.25) is 0 Å². The summed E-state index contributed by atoms with van der Waals surface area (Å²) in [4.78, 5) is 12.8. The molecule has 0 unspecified atom stereocenters. The van der Waals surface area contributed by atoms with Crippen molar-refractivity contribution < 1.29 is 4.42 Å². The Morgan fingerprint density at radius 2 is 1.09 bits per heavy atom. The van der Waals surface area contributed by atoms with Gasteiger partial charge in [0.2, 0.25) is 5.28 Å². The number of halogens is 1. The number of furan rings is 1. The number of aromatic amines is 1. The van der Waals surface area contributed by atoms with Crippen LogP contribution in [0.15, 0.2) is 192 Å². The van der Waals surface area contributed by atoms with Crippen molar-refractivity contribution in [2.75, 3.05) is 0 Å². The fraction of sp³-hybridized carbons (Fsp3) is 0.0508. The molecule has 1 aliphatic carbocycles. The lowest BCUT2D eigenvalue weighted by molar-refractivity contribution is 0.660. The first-order chi connectivity index (χ1) is 31.4. The van der Waals surface area contributed by atoms with E-state index in [-0.39, 0.29) is 10.7 Å². The first-order valence-electron chi connectivity index (χ1n) is 21.7. The van der Waals surface area contributed by atoms with E-state index in [1.807, 2.05) is 36.4 Å². The van der Waals surface area contributed by atoms with Crippen molar-refractivity contribution in [2.45, 2.75) is 19.3 Å². The monoisotopic (exact) mass is 839 g/mol. The standard InChI is InChI=1S/C59H38ClN3O/c1-59(2)50-28-25-37(31-48(50)43-27-24-38(33-51(43)59)34-20-22-35(23-21-34)55-47-13-3-5-18-52(47)62-58(60)63-55)36-10-7-11-39(30-36)41-14-8-16-45-49-32-40(26-29-53(49)61-56(41)45)42-15-9-17-46-44-12-4-6-19-54(44)64-57(42)46/h3-33,61H,1-2H3. The molecule has 5 heteroatoms. The summed E-state index contributed by atoms with van der Waals surface area (Å²) in [7, 11) is 0. The molecular formula is C59H38ClN3O. The predicted octanol–water partition coefficient (Wildman–Crippen LogP) is 16.5. The summed E-state index contributed by atoms with van der Waals surface area (Å²) in [6, 6.07) is 67.6. The van der Waals surface area contributed by atoms with E-state index in [1.54, 1.807) is 0 Å². The highest BCUT2D eigenvalue weighted by Gasteiger charge is 2.36. The van der Waals surface area contributed by atoms with Crippen LogP contribution in [0.1, 0.15) is 25.0 Å². The van der Waals surface area contributed by atoms with Crippen molar-refractivity contribution in [3.63, 3.8) is 0 Å². The number of hydrogen-bond acceptors (Lipinski definition) is 3. The topological polar surface area (TPSA) is 54.7 Å². The van der Waals surface area contributed by atoms with Crippen LogP contribution in [0.2, 0.25) is 5.28 Å². The van der Waals surface area contributed by atoms with Crippen LogP contribution in [-0.4, -0.2) is 15.0 Å². The molecule has 13 rings (SSSR count). The van der Waals surface area contributed by atoms with E-state index in [0.29, 0.717) is 0 Å². The van der Waals surface area contributed by atoms with E-state index >= 15 is 0 Å². The van der Waals surface area contributed by atoms with Gasteiger partial charge in [-0.15, -0.1) is 0 Å². The molecule has 1 N–H and O–H groups in total. The Hall–Kier alpha value is -7.79. The van der Waals surface area contributed by atoms with Gasteiger partial charge in [0.05, 0.1) is 16.7 Å². The number of H-pyrrole nitrogens is 1. The molecule has 0 fully saturated rings. The number of rotatable bonds is 5. The Morgan fingerprint density at radius 3 is 1.98 bits per heavy atom. The van der Waals surface area contributed by atoms with Crippen LogP contribution in [-0.2, 0) is 5.41 Å². The molecular weight excluding hydrogens is 802 g/mol. The number of fused-ring (bicyclic) bond motifs is 10. The van der Waals surface area contributed by atoms with Gasteiger partial charge in [-0.05, 0) is 110 Å². The number of nitrogens with one attached hydrogen (secondary N) is 1. The first kappa shape index (κ1) is 36.8. The second kappa shape index (κ2) is 13.9. The highest BCUT2D eigenvalue weighted by atomic mass is 35.5. The summed E-state index contributed by atoms with van der Waals surface area (Å²) in [5.74, 6) is 0. The van der Waals surface area contributed by atoms with Crippen molar-refractivity contribution in [1.29, 1.82) is 0 Å². The minimum absolute atomic E-state index is 0.151. The van der Waals surface area contributed by atoms with E-state index in [2.05, 4.69) is 180 Å². The second-order valence-electron chi connectivity index (χ2n) is 17.6. The molecule has 0 radical (unpaired) electrons. The van der Waals surface area contributed by atoms with Gasteiger partial charge >= 0.3 is 0 Å². The van der Waals surface area contributed by atoms with Gasteiger partial charge in [0, 0.05) is 54.6 Å². The fourth-order valence-corrected chi connectivity index (χ4v) is 10.5. The highest BCUT2D eigenvalue weighted by Crippen LogP contribution is 2.51. The van der Waals surface area contributed by atoms with Crippen LogP contribution in [0.5, 0.6) is 0 Å². The van der Waals surface area contributed by atoms with Gasteiger partial charge in [-0.25, -0.2) is 9.97 Å². The van der Waals surface area contributed by atoms with Crippen molar-refractivity contribution in [1.82, 2.24) is 15.0 Å². The number of hydrogen-bond donors (Lipinski definition) is 1. The zero-order chi connectivity index (χ0) is 42.7. The maximum absolute atomic E-state index is 6.43. The number of benzene rings is 9. The molecule has 1 aliphatic rings. The van der Waals surface area contributed by atoms with Crippen LogP contribution < -0.4 is 0 Å². The molecule has 64 heavy (non-hydrogen) atoms. The maximum Gasteiger partial charge on any atom is 0.223 e. The Bertz CT molecular complexity index is 3890. The van der Waals surface area contributed by atoms with Gasteiger partial charge in [0.15, 0.2) is 0 Å². The average Bonchev–Trinajstić information content (AvgIpc) is 3.98. The summed E-state index contributed by atoms with van der Waals surface area (Å²) in [6.07, 6.45) is 0. The van der Waals surface area contributed by atoms with Gasteiger partial charge in [-0.1, -0.05) is 159 Å². The van der Waals surface area contributed by atoms with Crippen LogP contribution in [0.4, 0.5) is 0 Å². The quantitative estimate of drug-likeness (QED) is 0.176. The molecule has 3 heterocycles. The normalized spacial score (nSPS) is 13.0. The van der Waals surface area contributed by atoms with Gasteiger partial charge < -0.3 is 9.40 Å². The van der Waals surface area contributed by atoms with Crippen molar-refractivity contribution >= 4 is 66.2 Å².